The molecule has 202 valence electrons. The Bertz CT molecular complexity index is 1270. The van der Waals surface area contributed by atoms with Crippen LogP contribution < -0.4 is 4.74 Å². The summed E-state index contributed by atoms with van der Waals surface area (Å²) in [5, 5.41) is 0. The van der Waals surface area contributed by atoms with E-state index in [1.54, 1.807) is 24.9 Å². The Kier molecular flexibility index (Phi) is 9.19. The molecule has 0 heterocycles. The van der Waals surface area contributed by atoms with E-state index in [-0.39, 0.29) is 23.1 Å². The molecule has 0 radical (unpaired) electrons. The van der Waals surface area contributed by atoms with E-state index in [9.17, 15) is 4.79 Å². The minimum atomic E-state index is -0.223. The maximum atomic E-state index is 15.1. The molecule has 4 rings (SSSR count). The van der Waals surface area contributed by atoms with Crippen molar-refractivity contribution in [2.24, 2.45) is 5.41 Å². The Labute approximate surface area is 231 Å². The smallest absolute Gasteiger partial charge is 0.306 e. The molecular formula is C33H39FO3S. The van der Waals surface area contributed by atoms with Gasteiger partial charge < -0.3 is 9.47 Å². The summed E-state index contributed by atoms with van der Waals surface area (Å²) in [6.07, 6.45) is 4.75. The van der Waals surface area contributed by atoms with E-state index < -0.39 is 0 Å². The Morgan fingerprint density at radius 1 is 1.08 bits per heavy atom. The average Bonchev–Trinajstić information content (AvgIpc) is 3.29. The molecule has 0 aromatic heterocycles. The molecule has 1 fully saturated rings. The first kappa shape index (κ1) is 28.2. The van der Waals surface area contributed by atoms with Crippen molar-refractivity contribution in [2.75, 3.05) is 14.2 Å². The molecule has 38 heavy (non-hydrogen) atoms. The lowest BCUT2D eigenvalue weighted by Crippen LogP contribution is -2.16. The number of hydrogen-bond acceptors (Lipinski definition) is 4. The van der Waals surface area contributed by atoms with E-state index in [0.29, 0.717) is 23.7 Å². The maximum absolute atomic E-state index is 15.1. The Balaban J connectivity index is 1.62. The highest BCUT2D eigenvalue weighted by Gasteiger charge is 2.37. The van der Waals surface area contributed by atoms with Crippen molar-refractivity contribution in [1.29, 1.82) is 0 Å². The van der Waals surface area contributed by atoms with Crippen molar-refractivity contribution < 1.29 is 18.7 Å². The second-order valence-corrected chi connectivity index (χ2v) is 12.0. The number of esters is 1. The molecule has 5 heteroatoms. The van der Waals surface area contributed by atoms with Crippen molar-refractivity contribution in [3.63, 3.8) is 0 Å². The zero-order valence-corrected chi connectivity index (χ0v) is 24.0. The average molecular weight is 535 g/mol. The number of benzene rings is 3. The normalized spacial score (nSPS) is 17.3. The van der Waals surface area contributed by atoms with Crippen LogP contribution in [0.25, 0.3) is 11.1 Å². The molecule has 0 saturated heterocycles. The lowest BCUT2D eigenvalue weighted by Gasteiger charge is -2.30. The van der Waals surface area contributed by atoms with Gasteiger partial charge in [-0.3, -0.25) is 4.79 Å². The summed E-state index contributed by atoms with van der Waals surface area (Å²) >= 11 is 1.79. The number of thioether (sulfide) groups is 1. The van der Waals surface area contributed by atoms with Gasteiger partial charge in [0, 0.05) is 16.2 Å². The van der Waals surface area contributed by atoms with Crippen LogP contribution in [-0.4, -0.2) is 20.2 Å². The monoisotopic (exact) mass is 534 g/mol. The number of rotatable bonds is 10. The van der Waals surface area contributed by atoms with E-state index in [2.05, 4.69) is 63.2 Å². The van der Waals surface area contributed by atoms with Gasteiger partial charge in [0.05, 0.1) is 20.6 Å². The van der Waals surface area contributed by atoms with Crippen molar-refractivity contribution >= 4 is 17.7 Å². The Morgan fingerprint density at radius 3 is 2.58 bits per heavy atom. The van der Waals surface area contributed by atoms with Gasteiger partial charge in [-0.15, -0.1) is 11.8 Å². The Hall–Kier alpha value is -2.79. The molecule has 0 amide bonds. The fourth-order valence-corrected chi connectivity index (χ4v) is 6.69. The molecule has 1 aliphatic rings. The highest BCUT2D eigenvalue weighted by atomic mass is 32.2. The summed E-state index contributed by atoms with van der Waals surface area (Å²) < 4.78 is 25.4. The summed E-state index contributed by atoms with van der Waals surface area (Å²) in [5.74, 6) is 1.61. The van der Waals surface area contributed by atoms with Crippen LogP contribution in [0.1, 0.15) is 81.4 Å². The van der Waals surface area contributed by atoms with Gasteiger partial charge in [0.1, 0.15) is 11.6 Å². The molecule has 0 N–H and O–H groups in total. The van der Waals surface area contributed by atoms with Crippen LogP contribution in [0.15, 0.2) is 65.6 Å². The molecule has 3 nitrogen and oxygen atoms in total. The van der Waals surface area contributed by atoms with Crippen molar-refractivity contribution in [2.45, 2.75) is 75.4 Å². The van der Waals surface area contributed by atoms with Crippen LogP contribution in [0.5, 0.6) is 5.75 Å². The molecule has 3 aromatic carbocycles. The van der Waals surface area contributed by atoms with Gasteiger partial charge in [0.25, 0.3) is 0 Å². The first-order chi connectivity index (χ1) is 18.2. The molecule has 2 atom stereocenters. The number of halogens is 1. The van der Waals surface area contributed by atoms with E-state index in [0.717, 1.165) is 24.2 Å². The highest BCUT2D eigenvalue weighted by Crippen LogP contribution is 2.51. The summed E-state index contributed by atoms with van der Waals surface area (Å²) in [4.78, 5) is 13.0. The fourth-order valence-electron chi connectivity index (χ4n) is 5.78. The maximum Gasteiger partial charge on any atom is 0.306 e. The summed E-state index contributed by atoms with van der Waals surface area (Å²) in [7, 11) is 3.06. The number of carbonyl (C=O) groups excluding carboxylic acids is 1. The third-order valence-corrected chi connectivity index (χ3v) is 9.15. The molecule has 0 unspecified atom stereocenters. The second-order valence-electron chi connectivity index (χ2n) is 10.9. The second kappa shape index (κ2) is 12.4. The third-order valence-electron chi connectivity index (χ3n) is 8.08. The standard InChI is InChI=1S/C33H39FO3S/c1-6-23(19-32(35)37-5)24-9-7-10-26(18-24)38-21-22-12-14-27(29-20-25(36-4)13-15-31(29)34)28(17-22)30-11-8-16-33(30,2)3/h7,9-10,12-15,17-18,20,23,30H,6,8,11,16,19,21H2,1-5H3/t23-,30+/m1/s1. The van der Waals surface area contributed by atoms with E-state index in [4.69, 9.17) is 9.47 Å². The summed E-state index contributed by atoms with van der Waals surface area (Å²) in [6, 6.07) is 20.0. The SMILES string of the molecule is CC[C@H](CC(=O)OC)c1cccc(SCc2ccc(-c3cc(OC)ccc3F)c([C@@H]3CCCC3(C)C)c2)c1. The van der Waals surface area contributed by atoms with Crippen LogP contribution >= 0.6 is 11.8 Å². The molecule has 0 spiro atoms. The van der Waals surface area contributed by atoms with Gasteiger partial charge in [-0.2, -0.15) is 0 Å². The molecule has 0 aliphatic heterocycles. The van der Waals surface area contributed by atoms with Gasteiger partial charge in [-0.25, -0.2) is 4.39 Å². The quantitative estimate of drug-likeness (QED) is 0.192. The predicted octanol–water partition coefficient (Wildman–Crippen LogP) is 9.14. The minimum Gasteiger partial charge on any atom is -0.497 e. The lowest BCUT2D eigenvalue weighted by molar-refractivity contribution is -0.141. The molecule has 3 aromatic rings. The van der Waals surface area contributed by atoms with E-state index >= 15 is 4.39 Å². The number of ether oxygens (including phenoxy) is 2. The first-order valence-corrected chi connectivity index (χ1v) is 14.5. The van der Waals surface area contributed by atoms with E-state index in [1.807, 2.05) is 6.07 Å². The van der Waals surface area contributed by atoms with Crippen LogP contribution in [0, 0.1) is 11.2 Å². The molecule has 0 bridgehead atoms. The molecule has 1 saturated carbocycles. The zero-order chi connectivity index (χ0) is 27.3. The van der Waals surface area contributed by atoms with Crippen molar-refractivity contribution in [3.05, 3.63) is 83.2 Å². The van der Waals surface area contributed by atoms with Crippen LogP contribution in [0.4, 0.5) is 4.39 Å². The topological polar surface area (TPSA) is 35.5 Å². The first-order valence-electron chi connectivity index (χ1n) is 13.5. The lowest BCUT2D eigenvalue weighted by atomic mass is 9.75. The Morgan fingerprint density at radius 2 is 1.89 bits per heavy atom. The molecular weight excluding hydrogens is 495 g/mol. The van der Waals surface area contributed by atoms with Crippen molar-refractivity contribution in [1.82, 2.24) is 0 Å². The van der Waals surface area contributed by atoms with Gasteiger partial charge >= 0.3 is 5.97 Å². The number of carbonyl (C=O) groups is 1. The number of methoxy groups -OCH3 is 2. The van der Waals surface area contributed by atoms with Gasteiger partial charge in [-0.1, -0.05) is 57.5 Å². The van der Waals surface area contributed by atoms with Crippen molar-refractivity contribution in [3.8, 4) is 16.9 Å². The number of hydrogen-bond donors (Lipinski definition) is 0. The highest BCUT2D eigenvalue weighted by molar-refractivity contribution is 7.98. The van der Waals surface area contributed by atoms with Crippen LogP contribution in [-0.2, 0) is 15.3 Å². The third kappa shape index (κ3) is 6.43. The largest absolute Gasteiger partial charge is 0.497 e. The van der Waals surface area contributed by atoms with Gasteiger partial charge in [0.2, 0.25) is 0 Å². The van der Waals surface area contributed by atoms with Crippen LogP contribution in [0.2, 0.25) is 0 Å². The summed E-state index contributed by atoms with van der Waals surface area (Å²) in [5.41, 5.74) is 5.36. The van der Waals surface area contributed by atoms with Gasteiger partial charge in [-0.05, 0) is 89.1 Å². The summed E-state index contributed by atoms with van der Waals surface area (Å²) in [6.45, 7) is 6.77. The zero-order valence-electron chi connectivity index (χ0n) is 23.2. The fraction of sp³-hybridized carbons (Fsp3) is 0.424. The molecule has 1 aliphatic carbocycles. The minimum absolute atomic E-state index is 0.149. The predicted molar refractivity (Wildman–Crippen MR) is 154 cm³/mol. The van der Waals surface area contributed by atoms with Crippen LogP contribution in [0.3, 0.4) is 0 Å². The van der Waals surface area contributed by atoms with Gasteiger partial charge in [0.15, 0.2) is 0 Å². The van der Waals surface area contributed by atoms with E-state index in [1.165, 1.54) is 47.6 Å².